The minimum atomic E-state index is -0.0875. The number of nitrogens with zero attached hydrogens (tertiary/aromatic N) is 4. The van der Waals surface area contributed by atoms with Crippen molar-refractivity contribution in [3.05, 3.63) is 47.1 Å². The molecule has 0 aliphatic carbocycles. The van der Waals surface area contributed by atoms with Gasteiger partial charge in [0.2, 0.25) is 0 Å². The Hall–Kier alpha value is -2.25. The van der Waals surface area contributed by atoms with Gasteiger partial charge in [0, 0.05) is 23.2 Å². The summed E-state index contributed by atoms with van der Waals surface area (Å²) in [5, 5.41) is 12.9. The molecule has 1 atom stereocenters. The molecule has 1 aromatic carbocycles. The number of piperidine rings is 1. The molecule has 7 heteroatoms. The number of hydrogen-bond acceptors (Lipinski definition) is 5. The van der Waals surface area contributed by atoms with Crippen molar-refractivity contribution in [2.24, 2.45) is 5.92 Å². The molecule has 0 spiro atoms. The van der Waals surface area contributed by atoms with E-state index in [2.05, 4.69) is 33.8 Å². The van der Waals surface area contributed by atoms with E-state index in [0.717, 1.165) is 19.6 Å². The highest BCUT2D eigenvalue weighted by Crippen LogP contribution is 2.26. The number of nitrogens with one attached hydrogen (secondary N) is 1. The van der Waals surface area contributed by atoms with Crippen molar-refractivity contribution < 1.29 is 4.79 Å². The zero-order valence-electron chi connectivity index (χ0n) is 14.9. The van der Waals surface area contributed by atoms with Gasteiger partial charge in [-0.15, -0.1) is 16.4 Å². The van der Waals surface area contributed by atoms with E-state index in [-0.39, 0.29) is 5.91 Å². The summed E-state index contributed by atoms with van der Waals surface area (Å²) in [4.78, 5) is 15.6. The zero-order valence-corrected chi connectivity index (χ0v) is 15.7. The maximum Gasteiger partial charge on any atom is 0.276 e. The van der Waals surface area contributed by atoms with Gasteiger partial charge in [-0.25, -0.2) is 0 Å². The van der Waals surface area contributed by atoms with E-state index >= 15 is 0 Å². The molecule has 136 valence electrons. The maximum absolute atomic E-state index is 12.7. The molecule has 2 aromatic heterocycles. The van der Waals surface area contributed by atoms with Gasteiger partial charge in [-0.3, -0.25) is 9.48 Å². The number of amides is 1. The van der Waals surface area contributed by atoms with Crippen LogP contribution in [0.1, 0.15) is 28.2 Å². The number of hydrogen-bond donors (Lipinski definition) is 1. The number of carbonyl (C=O) groups excluding carboxylic acids is 1. The third-order valence-corrected chi connectivity index (χ3v) is 5.92. The topological polar surface area (TPSA) is 63.1 Å². The smallest absolute Gasteiger partial charge is 0.276 e. The van der Waals surface area contributed by atoms with Gasteiger partial charge < -0.3 is 10.2 Å². The van der Waals surface area contributed by atoms with Crippen LogP contribution in [0.15, 0.2) is 36.5 Å². The second-order valence-corrected chi connectivity index (χ2v) is 8.12. The second kappa shape index (κ2) is 7.55. The third kappa shape index (κ3) is 3.78. The Morgan fingerprint density at radius 1 is 1.42 bits per heavy atom. The van der Waals surface area contributed by atoms with Crippen LogP contribution >= 0.6 is 11.3 Å². The normalized spacial score (nSPS) is 17.5. The number of carbonyl (C=O) groups is 1. The number of fused-ring (bicyclic) bond motifs is 1. The summed E-state index contributed by atoms with van der Waals surface area (Å²) in [6.07, 6.45) is 4.17. The summed E-state index contributed by atoms with van der Waals surface area (Å²) < 4.78 is 3.05. The molecule has 3 aromatic rings. The molecule has 1 amide bonds. The summed E-state index contributed by atoms with van der Waals surface area (Å²) in [7, 11) is 1.82. The van der Waals surface area contributed by atoms with Crippen LogP contribution in [0.3, 0.4) is 0 Å². The predicted molar refractivity (Wildman–Crippen MR) is 103 cm³/mol. The molecule has 4 rings (SSSR count). The Morgan fingerprint density at radius 3 is 3.12 bits per heavy atom. The summed E-state index contributed by atoms with van der Waals surface area (Å²) >= 11 is 1.72. The van der Waals surface area contributed by atoms with Crippen molar-refractivity contribution >= 4 is 27.3 Å². The van der Waals surface area contributed by atoms with E-state index in [1.807, 2.05) is 19.2 Å². The Bertz CT molecular complexity index is 863. The Morgan fingerprint density at radius 2 is 2.31 bits per heavy atom. The van der Waals surface area contributed by atoms with Gasteiger partial charge in [-0.05, 0) is 49.4 Å². The molecule has 6 nitrogen and oxygen atoms in total. The molecular weight excluding hydrogens is 346 g/mol. The van der Waals surface area contributed by atoms with Crippen LogP contribution in [0.4, 0.5) is 0 Å². The van der Waals surface area contributed by atoms with Crippen LogP contribution in [0.25, 0.3) is 10.1 Å². The molecule has 1 aliphatic heterocycles. The average molecular weight is 369 g/mol. The highest BCUT2D eigenvalue weighted by molar-refractivity contribution is 7.19. The van der Waals surface area contributed by atoms with Crippen molar-refractivity contribution in [3.8, 4) is 0 Å². The molecule has 3 heterocycles. The third-order valence-electron chi connectivity index (χ3n) is 4.82. The molecule has 26 heavy (non-hydrogen) atoms. The lowest BCUT2D eigenvalue weighted by Gasteiger charge is -2.22. The Labute approximate surface area is 156 Å². The minimum Gasteiger partial charge on any atom is -0.335 e. The van der Waals surface area contributed by atoms with E-state index in [1.54, 1.807) is 27.1 Å². The molecule has 0 saturated carbocycles. The van der Waals surface area contributed by atoms with E-state index < -0.39 is 0 Å². The molecule has 1 saturated heterocycles. The first-order valence-corrected chi connectivity index (χ1v) is 9.84. The minimum absolute atomic E-state index is 0.0875. The first-order valence-electron chi connectivity index (χ1n) is 9.03. The van der Waals surface area contributed by atoms with Gasteiger partial charge in [0.1, 0.15) is 0 Å². The van der Waals surface area contributed by atoms with Crippen LogP contribution < -0.4 is 5.32 Å². The predicted octanol–water partition coefficient (Wildman–Crippen LogP) is 2.76. The number of thiophene rings is 1. The Kier molecular flexibility index (Phi) is 4.99. The van der Waals surface area contributed by atoms with Crippen molar-refractivity contribution in [1.82, 2.24) is 25.2 Å². The summed E-state index contributed by atoms with van der Waals surface area (Å²) in [5.74, 6) is 0.472. The molecule has 1 fully saturated rings. The number of benzene rings is 1. The number of aromatic nitrogens is 3. The number of rotatable bonds is 5. The van der Waals surface area contributed by atoms with Crippen LogP contribution in [0.2, 0.25) is 0 Å². The largest absolute Gasteiger partial charge is 0.335 e. The lowest BCUT2D eigenvalue weighted by molar-refractivity contribution is 0.0780. The maximum atomic E-state index is 12.7. The van der Waals surface area contributed by atoms with Gasteiger partial charge in [-0.1, -0.05) is 23.4 Å². The highest BCUT2D eigenvalue weighted by Gasteiger charge is 2.19. The molecule has 1 aliphatic rings. The summed E-state index contributed by atoms with van der Waals surface area (Å²) in [5.41, 5.74) is 0.414. The van der Waals surface area contributed by atoms with Crippen molar-refractivity contribution in [2.75, 3.05) is 20.1 Å². The monoisotopic (exact) mass is 369 g/mol. The van der Waals surface area contributed by atoms with E-state index in [0.29, 0.717) is 18.2 Å². The van der Waals surface area contributed by atoms with Crippen molar-refractivity contribution in [2.45, 2.75) is 25.9 Å². The lowest BCUT2D eigenvalue weighted by atomic mass is 10.00. The van der Waals surface area contributed by atoms with Gasteiger partial charge in [0.25, 0.3) is 5.91 Å². The highest BCUT2D eigenvalue weighted by atomic mass is 32.1. The van der Waals surface area contributed by atoms with Gasteiger partial charge in [-0.2, -0.15) is 0 Å². The SMILES string of the molecule is CN(Cc1cc2ccccc2s1)C(=O)c1cn(C[C@@H]2CCCNC2)nn1. The quantitative estimate of drug-likeness (QED) is 0.751. The van der Waals surface area contributed by atoms with Gasteiger partial charge in [0.15, 0.2) is 5.69 Å². The lowest BCUT2D eigenvalue weighted by Crippen LogP contribution is -2.32. The van der Waals surface area contributed by atoms with Gasteiger partial charge in [0.05, 0.1) is 12.7 Å². The van der Waals surface area contributed by atoms with E-state index in [4.69, 9.17) is 0 Å². The fourth-order valence-electron chi connectivity index (χ4n) is 3.45. The van der Waals surface area contributed by atoms with Crippen LogP contribution in [-0.4, -0.2) is 45.9 Å². The van der Waals surface area contributed by atoms with Crippen molar-refractivity contribution in [3.63, 3.8) is 0 Å². The van der Waals surface area contributed by atoms with Crippen molar-refractivity contribution in [1.29, 1.82) is 0 Å². The fourth-order valence-corrected chi connectivity index (χ4v) is 4.56. The molecule has 0 bridgehead atoms. The summed E-state index contributed by atoms with van der Waals surface area (Å²) in [6.45, 7) is 3.50. The second-order valence-electron chi connectivity index (χ2n) is 6.95. The zero-order chi connectivity index (χ0) is 17.9. The first kappa shape index (κ1) is 17.2. The van der Waals surface area contributed by atoms with Gasteiger partial charge >= 0.3 is 0 Å². The standard InChI is InChI=1S/C19H23N5OS/c1-23(12-16-9-15-6-2-3-7-18(15)26-16)19(25)17-13-24(22-21-17)11-14-5-4-8-20-10-14/h2-3,6-7,9,13-14,20H,4-5,8,10-12H2,1H3/t14-/m1/s1. The molecule has 0 unspecified atom stereocenters. The first-order chi connectivity index (χ1) is 12.7. The summed E-state index contributed by atoms with van der Waals surface area (Å²) in [6, 6.07) is 10.4. The molecule has 0 radical (unpaired) electrons. The van der Waals surface area contributed by atoms with Crippen LogP contribution in [0, 0.1) is 5.92 Å². The van der Waals surface area contributed by atoms with E-state index in [9.17, 15) is 4.79 Å². The van der Waals surface area contributed by atoms with Crippen LogP contribution in [-0.2, 0) is 13.1 Å². The fraction of sp³-hybridized carbons (Fsp3) is 0.421. The molecule has 1 N–H and O–H groups in total. The average Bonchev–Trinajstić information content (AvgIpc) is 3.28. The van der Waals surface area contributed by atoms with Crippen LogP contribution in [0.5, 0.6) is 0 Å². The Balaban J connectivity index is 1.40. The van der Waals surface area contributed by atoms with E-state index in [1.165, 1.54) is 27.8 Å². The molecular formula is C19H23N5OS.